The van der Waals surface area contributed by atoms with Crippen LogP contribution in [0.3, 0.4) is 0 Å². The third-order valence-corrected chi connectivity index (χ3v) is 4.83. The van der Waals surface area contributed by atoms with Crippen LogP contribution in [0.5, 0.6) is 0 Å². The number of rotatable bonds is 4. The number of hydrogen-bond donors (Lipinski definition) is 0. The van der Waals surface area contributed by atoms with Crippen molar-refractivity contribution in [2.24, 2.45) is 0 Å². The Hall–Kier alpha value is -2.10. The molecule has 0 aromatic carbocycles. The highest BCUT2D eigenvalue weighted by molar-refractivity contribution is 5.73. The van der Waals surface area contributed by atoms with Crippen molar-refractivity contribution in [2.75, 3.05) is 26.2 Å². The van der Waals surface area contributed by atoms with Gasteiger partial charge < -0.3 is 4.90 Å². The Balaban J connectivity index is 1.58. The average molecular weight is 343 g/mol. The van der Waals surface area contributed by atoms with Crippen LogP contribution in [0.4, 0.5) is 14.5 Å². The smallest absolute Gasteiger partial charge is 0.316 e. The average Bonchev–Trinajstić information content (AvgIpc) is 2.91. The number of alkyl halides is 2. The number of hydrogen-bond acceptors (Lipinski definition) is 5. The van der Waals surface area contributed by atoms with Crippen LogP contribution in [0, 0.1) is 10.1 Å². The second-order valence-electron chi connectivity index (χ2n) is 6.28. The SMILES string of the molecule is CC(=O)N1CCC(N2CC(n3cc([N+](=O)[O-])c(C(F)F)n3)C2)CC1. The highest BCUT2D eigenvalue weighted by atomic mass is 19.3. The van der Waals surface area contributed by atoms with Crippen LogP contribution in [0.1, 0.15) is 37.9 Å². The molecule has 2 saturated heterocycles. The van der Waals surface area contributed by atoms with Gasteiger partial charge in [0.1, 0.15) is 6.20 Å². The summed E-state index contributed by atoms with van der Waals surface area (Å²) in [5.41, 5.74) is -1.40. The van der Waals surface area contributed by atoms with Crippen LogP contribution in [0.2, 0.25) is 0 Å². The molecule has 1 aromatic rings. The summed E-state index contributed by atoms with van der Waals surface area (Å²) in [6, 6.07) is 0.235. The summed E-state index contributed by atoms with van der Waals surface area (Å²) in [6.07, 6.45) is -0.0949. The van der Waals surface area contributed by atoms with Gasteiger partial charge in [0.25, 0.3) is 6.43 Å². The van der Waals surface area contributed by atoms with Gasteiger partial charge >= 0.3 is 5.69 Å². The molecule has 10 heteroatoms. The van der Waals surface area contributed by atoms with Gasteiger partial charge in [0.05, 0.1) is 11.0 Å². The summed E-state index contributed by atoms with van der Waals surface area (Å²) in [5.74, 6) is 0.0818. The molecule has 0 N–H and O–H groups in total. The summed E-state index contributed by atoms with van der Waals surface area (Å²) in [5, 5.41) is 14.6. The molecule has 0 radical (unpaired) electrons. The summed E-state index contributed by atoms with van der Waals surface area (Å²) >= 11 is 0. The van der Waals surface area contributed by atoms with E-state index in [1.54, 1.807) is 6.92 Å². The Kier molecular flexibility index (Phi) is 4.48. The maximum Gasteiger partial charge on any atom is 0.316 e. The molecule has 2 aliphatic rings. The number of amides is 1. The molecule has 8 nitrogen and oxygen atoms in total. The van der Waals surface area contributed by atoms with E-state index < -0.39 is 22.7 Å². The largest absolute Gasteiger partial charge is 0.343 e. The van der Waals surface area contributed by atoms with E-state index in [1.807, 2.05) is 4.90 Å². The third kappa shape index (κ3) is 3.10. The van der Waals surface area contributed by atoms with Crippen LogP contribution < -0.4 is 0 Å². The van der Waals surface area contributed by atoms with E-state index in [9.17, 15) is 23.7 Å². The van der Waals surface area contributed by atoms with Crippen molar-refractivity contribution in [3.63, 3.8) is 0 Å². The minimum Gasteiger partial charge on any atom is -0.343 e. The van der Waals surface area contributed by atoms with Crippen molar-refractivity contribution in [3.05, 3.63) is 22.0 Å². The Labute approximate surface area is 137 Å². The van der Waals surface area contributed by atoms with Crippen molar-refractivity contribution in [1.29, 1.82) is 0 Å². The molecule has 2 fully saturated rings. The van der Waals surface area contributed by atoms with Crippen molar-refractivity contribution in [1.82, 2.24) is 19.6 Å². The molecule has 3 rings (SSSR count). The van der Waals surface area contributed by atoms with Crippen LogP contribution in [-0.2, 0) is 4.79 Å². The van der Waals surface area contributed by atoms with Crippen molar-refractivity contribution < 1.29 is 18.5 Å². The zero-order valence-corrected chi connectivity index (χ0v) is 13.3. The molecular formula is C14H19F2N5O3. The van der Waals surface area contributed by atoms with Gasteiger partial charge in [-0.25, -0.2) is 8.78 Å². The second kappa shape index (κ2) is 6.42. The van der Waals surface area contributed by atoms with E-state index in [1.165, 1.54) is 4.68 Å². The van der Waals surface area contributed by atoms with Gasteiger partial charge in [0.15, 0.2) is 0 Å². The molecule has 1 aromatic heterocycles. The minimum atomic E-state index is -2.96. The standard InChI is InChI=1S/C14H19F2N5O3/c1-9(22)18-4-2-10(3-5-18)19-6-11(7-19)20-8-12(21(23)24)13(17-20)14(15)16/h8,10-11,14H,2-7H2,1H3. The molecule has 0 atom stereocenters. The van der Waals surface area contributed by atoms with Gasteiger partial charge in [-0.1, -0.05) is 0 Å². The highest BCUT2D eigenvalue weighted by Crippen LogP contribution is 2.32. The molecule has 0 aliphatic carbocycles. The highest BCUT2D eigenvalue weighted by Gasteiger charge is 2.38. The molecule has 2 aliphatic heterocycles. The Morgan fingerprint density at radius 2 is 1.96 bits per heavy atom. The number of carbonyl (C=O) groups excluding carboxylic acids is 1. The van der Waals surface area contributed by atoms with Crippen LogP contribution in [0.15, 0.2) is 6.20 Å². The number of halogens is 2. The monoisotopic (exact) mass is 343 g/mol. The number of carbonyl (C=O) groups is 1. The molecule has 1 amide bonds. The van der Waals surface area contributed by atoms with Crippen molar-refractivity contribution in [3.8, 4) is 0 Å². The Bertz CT molecular complexity index is 636. The van der Waals surface area contributed by atoms with Crippen LogP contribution in [0.25, 0.3) is 0 Å². The lowest BCUT2D eigenvalue weighted by molar-refractivity contribution is -0.386. The number of nitro groups is 1. The van der Waals surface area contributed by atoms with Gasteiger partial charge in [-0.05, 0) is 12.8 Å². The van der Waals surface area contributed by atoms with Gasteiger partial charge in [0, 0.05) is 39.1 Å². The number of nitrogens with zero attached hydrogens (tertiary/aromatic N) is 5. The molecule has 132 valence electrons. The maximum atomic E-state index is 12.8. The zero-order chi connectivity index (χ0) is 17.4. The van der Waals surface area contributed by atoms with Crippen molar-refractivity contribution in [2.45, 2.75) is 38.3 Å². The predicted octanol–water partition coefficient (Wildman–Crippen LogP) is 1.60. The second-order valence-corrected chi connectivity index (χ2v) is 6.28. The third-order valence-electron chi connectivity index (χ3n) is 4.83. The topological polar surface area (TPSA) is 84.5 Å². The number of aromatic nitrogens is 2. The first-order valence-electron chi connectivity index (χ1n) is 7.88. The fraction of sp³-hybridized carbons (Fsp3) is 0.714. The maximum absolute atomic E-state index is 12.8. The van der Waals surface area contributed by atoms with E-state index in [-0.39, 0.29) is 11.9 Å². The van der Waals surface area contributed by atoms with E-state index in [0.29, 0.717) is 19.1 Å². The molecule has 3 heterocycles. The minimum absolute atomic E-state index is 0.0818. The molecule has 24 heavy (non-hydrogen) atoms. The van der Waals surface area contributed by atoms with Crippen molar-refractivity contribution >= 4 is 11.6 Å². The van der Waals surface area contributed by atoms with E-state index in [2.05, 4.69) is 10.00 Å². The quantitative estimate of drug-likeness (QED) is 0.612. The van der Waals surface area contributed by atoms with Gasteiger partial charge in [-0.2, -0.15) is 5.10 Å². The molecular weight excluding hydrogens is 324 g/mol. The van der Waals surface area contributed by atoms with Crippen LogP contribution >= 0.6 is 0 Å². The normalized spacial score (nSPS) is 20.4. The summed E-state index contributed by atoms with van der Waals surface area (Å²) in [4.78, 5) is 25.4. The molecule has 0 saturated carbocycles. The van der Waals surface area contributed by atoms with E-state index in [0.717, 1.165) is 32.1 Å². The Morgan fingerprint density at radius 3 is 2.42 bits per heavy atom. The lowest BCUT2D eigenvalue weighted by Gasteiger charge is -2.46. The van der Waals surface area contributed by atoms with E-state index in [4.69, 9.17) is 0 Å². The van der Waals surface area contributed by atoms with E-state index >= 15 is 0 Å². The summed E-state index contributed by atoms with van der Waals surface area (Å²) < 4.78 is 27.0. The molecule has 0 unspecified atom stereocenters. The first-order chi connectivity index (χ1) is 11.4. The number of piperidine rings is 1. The first-order valence-corrected chi connectivity index (χ1v) is 7.88. The first kappa shape index (κ1) is 16.7. The summed E-state index contributed by atoms with van der Waals surface area (Å²) in [6.45, 7) is 4.28. The number of likely N-dealkylation sites (tertiary alicyclic amines) is 2. The van der Waals surface area contributed by atoms with Gasteiger partial charge in [-0.15, -0.1) is 0 Å². The summed E-state index contributed by atoms with van der Waals surface area (Å²) in [7, 11) is 0. The predicted molar refractivity (Wildman–Crippen MR) is 79.7 cm³/mol. The fourth-order valence-electron chi connectivity index (χ4n) is 3.38. The zero-order valence-electron chi connectivity index (χ0n) is 13.3. The Morgan fingerprint density at radius 1 is 1.33 bits per heavy atom. The van der Waals surface area contributed by atoms with Gasteiger partial charge in [-0.3, -0.25) is 24.5 Å². The van der Waals surface area contributed by atoms with Crippen LogP contribution in [-0.4, -0.2) is 62.6 Å². The lowest BCUT2D eigenvalue weighted by atomic mass is 9.97. The van der Waals surface area contributed by atoms with Gasteiger partial charge in [0.2, 0.25) is 11.6 Å². The lowest BCUT2D eigenvalue weighted by Crippen LogP contribution is -2.56. The molecule has 0 bridgehead atoms. The molecule has 0 spiro atoms. The fourth-order valence-corrected chi connectivity index (χ4v) is 3.38.